The maximum Gasteiger partial charge on any atom is 0.317 e. The van der Waals surface area contributed by atoms with Crippen molar-refractivity contribution in [3.05, 3.63) is 35.4 Å². The summed E-state index contributed by atoms with van der Waals surface area (Å²) in [7, 11) is 1.87. The molecule has 1 heterocycles. The number of hydrogen-bond acceptors (Lipinski definition) is 3. The molecule has 1 saturated heterocycles. The second kappa shape index (κ2) is 8.42. The van der Waals surface area contributed by atoms with Crippen molar-refractivity contribution in [2.45, 2.75) is 57.4 Å². The van der Waals surface area contributed by atoms with Crippen molar-refractivity contribution in [1.29, 1.82) is 0 Å². The van der Waals surface area contributed by atoms with E-state index in [1.807, 2.05) is 16.8 Å². The van der Waals surface area contributed by atoms with Gasteiger partial charge in [0.2, 0.25) is 5.91 Å². The van der Waals surface area contributed by atoms with E-state index >= 15 is 0 Å². The Morgan fingerprint density at radius 3 is 2.52 bits per heavy atom. The number of carbonyl (C=O) groups is 2. The first-order valence-corrected chi connectivity index (χ1v) is 10.2. The van der Waals surface area contributed by atoms with Crippen molar-refractivity contribution in [3.63, 3.8) is 0 Å². The molecule has 1 aromatic carbocycles. The van der Waals surface area contributed by atoms with Gasteiger partial charge in [0.25, 0.3) is 0 Å². The van der Waals surface area contributed by atoms with Crippen LogP contribution in [0.1, 0.15) is 62.5 Å². The van der Waals surface area contributed by atoms with Crippen molar-refractivity contribution >= 4 is 11.9 Å². The van der Waals surface area contributed by atoms with Crippen LogP contribution in [0.4, 0.5) is 0 Å². The molecule has 0 radical (unpaired) electrons. The molecule has 1 N–H and O–H groups in total. The number of carboxylic acids is 1. The summed E-state index contributed by atoms with van der Waals surface area (Å²) in [5, 5.41) is 8.98. The van der Waals surface area contributed by atoms with Crippen LogP contribution < -0.4 is 0 Å². The Morgan fingerprint density at radius 1 is 1.19 bits per heavy atom. The summed E-state index contributed by atoms with van der Waals surface area (Å²) in [6.45, 7) is 5.99. The van der Waals surface area contributed by atoms with Crippen LogP contribution in [0.15, 0.2) is 24.3 Å². The maximum absolute atomic E-state index is 12.9. The summed E-state index contributed by atoms with van der Waals surface area (Å²) in [5.74, 6) is 0.518. The molecule has 1 saturated carbocycles. The zero-order chi connectivity index (χ0) is 19.6. The molecule has 1 aliphatic heterocycles. The van der Waals surface area contributed by atoms with Gasteiger partial charge in [-0.15, -0.1) is 0 Å². The van der Waals surface area contributed by atoms with Crippen LogP contribution in [0.2, 0.25) is 0 Å². The fourth-order valence-electron chi connectivity index (χ4n) is 4.28. The van der Waals surface area contributed by atoms with E-state index in [-0.39, 0.29) is 24.4 Å². The number of carbonyl (C=O) groups excluding carboxylic acids is 1. The average molecular weight is 373 g/mol. The summed E-state index contributed by atoms with van der Waals surface area (Å²) < 4.78 is 0. The number of benzene rings is 1. The Hall–Kier alpha value is -1.88. The van der Waals surface area contributed by atoms with E-state index < -0.39 is 5.97 Å². The lowest BCUT2D eigenvalue weighted by atomic mass is 10.00. The van der Waals surface area contributed by atoms with Gasteiger partial charge in [-0.2, -0.15) is 0 Å². The Bertz CT molecular complexity index is 671. The van der Waals surface area contributed by atoms with E-state index in [0.29, 0.717) is 11.8 Å². The molecule has 2 fully saturated rings. The SMILES string of the molecule is CC(C)c1ccc(C2CC2C(=O)N2CCCC(N(C)CC(=O)O)CC2)cc1. The number of aliphatic carboxylic acids is 1. The van der Waals surface area contributed by atoms with Crippen LogP contribution in [0, 0.1) is 5.92 Å². The predicted molar refractivity (Wildman–Crippen MR) is 106 cm³/mol. The molecule has 1 aromatic rings. The summed E-state index contributed by atoms with van der Waals surface area (Å²) in [6, 6.07) is 9.00. The van der Waals surface area contributed by atoms with E-state index in [1.165, 1.54) is 11.1 Å². The highest BCUT2D eigenvalue weighted by atomic mass is 16.4. The molecule has 3 unspecified atom stereocenters. The lowest BCUT2D eigenvalue weighted by Gasteiger charge is -2.25. The molecule has 5 nitrogen and oxygen atoms in total. The average Bonchev–Trinajstić information content (AvgIpc) is 3.44. The van der Waals surface area contributed by atoms with E-state index in [4.69, 9.17) is 5.11 Å². The standard InChI is InChI=1S/C22H32N2O3/c1-15(2)16-6-8-17(9-7-16)19-13-20(19)22(27)24-11-4-5-18(10-12-24)23(3)14-21(25)26/h6-9,15,18-20H,4-5,10-14H2,1-3H3,(H,25,26). The van der Waals surface area contributed by atoms with Crippen LogP contribution in [0.3, 0.4) is 0 Å². The van der Waals surface area contributed by atoms with Crippen molar-refractivity contribution in [2.24, 2.45) is 5.92 Å². The third-order valence-corrected chi connectivity index (χ3v) is 6.16. The second-order valence-electron chi connectivity index (χ2n) is 8.49. The molecule has 0 bridgehead atoms. The number of rotatable bonds is 6. The number of likely N-dealkylation sites (N-methyl/N-ethyl adjacent to an activating group) is 1. The van der Waals surface area contributed by atoms with Gasteiger partial charge >= 0.3 is 5.97 Å². The van der Waals surface area contributed by atoms with Crippen molar-refractivity contribution in [3.8, 4) is 0 Å². The van der Waals surface area contributed by atoms with Gasteiger partial charge in [-0.1, -0.05) is 38.1 Å². The number of nitrogens with zero attached hydrogens (tertiary/aromatic N) is 2. The van der Waals surface area contributed by atoms with Crippen LogP contribution >= 0.6 is 0 Å². The Labute approximate surface area is 162 Å². The lowest BCUT2D eigenvalue weighted by Crippen LogP contribution is -2.37. The smallest absolute Gasteiger partial charge is 0.317 e. The minimum atomic E-state index is -0.793. The van der Waals surface area contributed by atoms with Gasteiger partial charge in [-0.25, -0.2) is 0 Å². The molecular weight excluding hydrogens is 340 g/mol. The first kappa shape index (κ1) is 19.9. The highest BCUT2D eigenvalue weighted by Gasteiger charge is 2.45. The quantitative estimate of drug-likeness (QED) is 0.832. The number of carboxylic acid groups (broad SMARTS) is 1. The Balaban J connectivity index is 1.54. The van der Waals surface area contributed by atoms with Gasteiger partial charge in [0.1, 0.15) is 0 Å². The number of likely N-dealkylation sites (tertiary alicyclic amines) is 1. The fraction of sp³-hybridized carbons (Fsp3) is 0.636. The fourth-order valence-corrected chi connectivity index (χ4v) is 4.28. The summed E-state index contributed by atoms with van der Waals surface area (Å²) in [6.07, 6.45) is 3.72. The predicted octanol–water partition coefficient (Wildman–Crippen LogP) is 3.31. The number of amides is 1. The monoisotopic (exact) mass is 372 g/mol. The minimum Gasteiger partial charge on any atom is -0.480 e. The Morgan fingerprint density at radius 2 is 1.89 bits per heavy atom. The van der Waals surface area contributed by atoms with Gasteiger partial charge < -0.3 is 10.0 Å². The summed E-state index contributed by atoms with van der Waals surface area (Å²) in [5.41, 5.74) is 2.62. The molecule has 1 amide bonds. The third kappa shape index (κ3) is 4.89. The lowest BCUT2D eigenvalue weighted by molar-refractivity contribution is -0.138. The highest BCUT2D eigenvalue weighted by Crippen LogP contribution is 2.48. The molecule has 2 aliphatic rings. The van der Waals surface area contributed by atoms with E-state index in [2.05, 4.69) is 38.1 Å². The van der Waals surface area contributed by atoms with Gasteiger partial charge in [0.05, 0.1) is 6.54 Å². The molecule has 3 atom stereocenters. The van der Waals surface area contributed by atoms with Crippen LogP contribution in [-0.4, -0.2) is 59.5 Å². The van der Waals surface area contributed by atoms with Crippen LogP contribution in [-0.2, 0) is 9.59 Å². The maximum atomic E-state index is 12.9. The van der Waals surface area contributed by atoms with Crippen molar-refractivity contribution in [1.82, 2.24) is 9.80 Å². The first-order chi connectivity index (χ1) is 12.9. The molecule has 5 heteroatoms. The molecule has 3 rings (SSSR count). The van der Waals surface area contributed by atoms with Crippen LogP contribution in [0.25, 0.3) is 0 Å². The van der Waals surface area contributed by atoms with Gasteiger partial charge in [0, 0.05) is 25.0 Å². The highest BCUT2D eigenvalue weighted by molar-refractivity contribution is 5.83. The molecule has 0 spiro atoms. The largest absolute Gasteiger partial charge is 0.480 e. The van der Waals surface area contributed by atoms with Crippen molar-refractivity contribution < 1.29 is 14.7 Å². The zero-order valence-corrected chi connectivity index (χ0v) is 16.7. The van der Waals surface area contributed by atoms with E-state index in [9.17, 15) is 9.59 Å². The van der Waals surface area contributed by atoms with Gasteiger partial charge in [-0.05, 0) is 55.7 Å². The van der Waals surface area contributed by atoms with Gasteiger partial charge in [0.15, 0.2) is 0 Å². The molecule has 27 heavy (non-hydrogen) atoms. The second-order valence-corrected chi connectivity index (χ2v) is 8.49. The zero-order valence-electron chi connectivity index (χ0n) is 16.7. The molecule has 1 aliphatic carbocycles. The Kier molecular flexibility index (Phi) is 6.20. The number of hydrogen-bond donors (Lipinski definition) is 1. The van der Waals surface area contributed by atoms with E-state index in [0.717, 1.165) is 38.8 Å². The normalized spacial score (nSPS) is 25.5. The minimum absolute atomic E-state index is 0.0652. The molecular formula is C22H32N2O3. The van der Waals surface area contributed by atoms with E-state index in [1.54, 1.807) is 0 Å². The molecule has 0 aromatic heterocycles. The van der Waals surface area contributed by atoms with Crippen LogP contribution in [0.5, 0.6) is 0 Å². The third-order valence-electron chi connectivity index (χ3n) is 6.16. The van der Waals surface area contributed by atoms with Crippen molar-refractivity contribution in [2.75, 3.05) is 26.7 Å². The van der Waals surface area contributed by atoms with Gasteiger partial charge in [-0.3, -0.25) is 14.5 Å². The first-order valence-electron chi connectivity index (χ1n) is 10.2. The molecule has 148 valence electrons. The summed E-state index contributed by atoms with van der Waals surface area (Å²) >= 11 is 0. The topological polar surface area (TPSA) is 60.9 Å². The summed E-state index contributed by atoms with van der Waals surface area (Å²) in [4.78, 5) is 27.8.